The lowest BCUT2D eigenvalue weighted by Gasteiger charge is -2.28. The number of fused-ring (bicyclic) bond motifs is 1. The van der Waals surface area contributed by atoms with Gasteiger partial charge in [-0.1, -0.05) is 35.9 Å². The van der Waals surface area contributed by atoms with Gasteiger partial charge in [-0.2, -0.15) is 0 Å². The van der Waals surface area contributed by atoms with Gasteiger partial charge in [0.2, 0.25) is 11.8 Å². The minimum atomic E-state index is -0.182. The second kappa shape index (κ2) is 6.89. The number of rotatable bonds is 3. The van der Waals surface area contributed by atoms with E-state index in [0.29, 0.717) is 10.7 Å². The van der Waals surface area contributed by atoms with Crippen molar-refractivity contribution in [3.8, 4) is 0 Å². The maximum atomic E-state index is 13.0. The second-order valence-corrected chi connectivity index (χ2v) is 6.84. The highest BCUT2D eigenvalue weighted by atomic mass is 35.5. The lowest BCUT2D eigenvalue weighted by Crippen LogP contribution is -2.45. The highest BCUT2D eigenvalue weighted by Gasteiger charge is 2.32. The monoisotopic (exact) mass is 356 g/mol. The molecule has 1 unspecified atom stereocenters. The van der Waals surface area contributed by atoms with Crippen molar-refractivity contribution in [1.29, 1.82) is 0 Å². The van der Waals surface area contributed by atoms with Crippen LogP contribution in [0, 0.1) is 6.92 Å². The Hall–Kier alpha value is -2.33. The van der Waals surface area contributed by atoms with Gasteiger partial charge < -0.3 is 9.80 Å². The summed E-state index contributed by atoms with van der Waals surface area (Å²) < 4.78 is 0. The molecular formula is C20H21ClN2O2. The molecule has 0 aromatic heterocycles. The molecule has 2 aromatic carbocycles. The molecular weight excluding hydrogens is 336 g/mol. The summed E-state index contributed by atoms with van der Waals surface area (Å²) in [6.45, 7) is 5.34. The van der Waals surface area contributed by atoms with Gasteiger partial charge in [-0.05, 0) is 49.6 Å². The molecule has 5 heteroatoms. The smallest absolute Gasteiger partial charge is 0.247 e. The highest BCUT2D eigenvalue weighted by molar-refractivity contribution is 6.31. The molecule has 4 nitrogen and oxygen atoms in total. The minimum absolute atomic E-state index is 0.00477. The van der Waals surface area contributed by atoms with Crippen LogP contribution in [0.3, 0.4) is 0 Å². The van der Waals surface area contributed by atoms with Crippen LogP contribution in [0.1, 0.15) is 25.0 Å². The Morgan fingerprint density at radius 2 is 1.92 bits per heavy atom. The molecule has 0 saturated carbocycles. The largest absolute Gasteiger partial charge is 0.307 e. The summed E-state index contributed by atoms with van der Waals surface area (Å²) in [6, 6.07) is 13.4. The van der Waals surface area contributed by atoms with Crippen molar-refractivity contribution >= 4 is 34.8 Å². The fourth-order valence-corrected chi connectivity index (χ4v) is 3.58. The Morgan fingerprint density at radius 1 is 1.20 bits per heavy atom. The number of hydrogen-bond donors (Lipinski definition) is 0. The molecule has 0 spiro atoms. The van der Waals surface area contributed by atoms with Gasteiger partial charge in [-0.25, -0.2) is 0 Å². The third kappa shape index (κ3) is 3.27. The zero-order valence-corrected chi connectivity index (χ0v) is 15.4. The predicted molar refractivity (Wildman–Crippen MR) is 101 cm³/mol. The summed E-state index contributed by atoms with van der Waals surface area (Å²) in [5, 5.41) is 0.580. The van der Waals surface area contributed by atoms with Gasteiger partial charge in [-0.15, -0.1) is 0 Å². The van der Waals surface area contributed by atoms with E-state index in [4.69, 9.17) is 11.6 Å². The quantitative estimate of drug-likeness (QED) is 0.834. The van der Waals surface area contributed by atoms with Gasteiger partial charge in [0, 0.05) is 29.4 Å². The molecule has 25 heavy (non-hydrogen) atoms. The van der Waals surface area contributed by atoms with Gasteiger partial charge in [0.1, 0.15) is 6.54 Å². The molecule has 0 N–H and O–H groups in total. The molecule has 3 rings (SSSR count). The SMILES string of the molecule is CC(=O)N(CC(=O)N1c2ccccc2CC1C)c1cccc(Cl)c1C. The van der Waals surface area contributed by atoms with Crippen LogP contribution < -0.4 is 9.80 Å². The molecule has 1 heterocycles. The Balaban J connectivity index is 1.90. The van der Waals surface area contributed by atoms with Crippen molar-refractivity contribution in [2.75, 3.05) is 16.3 Å². The molecule has 0 radical (unpaired) electrons. The Morgan fingerprint density at radius 3 is 2.64 bits per heavy atom. The summed E-state index contributed by atoms with van der Waals surface area (Å²) in [6.07, 6.45) is 0.832. The van der Waals surface area contributed by atoms with Crippen LogP contribution in [0.2, 0.25) is 5.02 Å². The number of anilines is 2. The predicted octanol–water partition coefficient (Wildman–Crippen LogP) is 3.98. The van der Waals surface area contributed by atoms with Gasteiger partial charge in [0.15, 0.2) is 0 Å². The molecule has 130 valence electrons. The number of nitrogens with zero attached hydrogens (tertiary/aromatic N) is 2. The second-order valence-electron chi connectivity index (χ2n) is 6.43. The maximum Gasteiger partial charge on any atom is 0.247 e. The fraction of sp³-hybridized carbons (Fsp3) is 0.300. The van der Waals surface area contributed by atoms with Crippen LogP contribution in [0.5, 0.6) is 0 Å². The van der Waals surface area contributed by atoms with Gasteiger partial charge in [0.25, 0.3) is 0 Å². The zero-order valence-electron chi connectivity index (χ0n) is 14.6. The van der Waals surface area contributed by atoms with Gasteiger partial charge >= 0.3 is 0 Å². The summed E-state index contributed by atoms with van der Waals surface area (Å²) in [4.78, 5) is 28.5. The summed E-state index contributed by atoms with van der Waals surface area (Å²) in [5.41, 5.74) is 3.57. The molecule has 2 aromatic rings. The summed E-state index contributed by atoms with van der Waals surface area (Å²) >= 11 is 6.18. The maximum absolute atomic E-state index is 13.0. The van der Waals surface area contributed by atoms with Crippen molar-refractivity contribution < 1.29 is 9.59 Å². The number of amides is 2. The molecule has 2 amide bonds. The van der Waals surface area contributed by atoms with E-state index in [0.717, 1.165) is 23.2 Å². The van der Waals surface area contributed by atoms with Crippen LogP contribution >= 0.6 is 11.6 Å². The van der Waals surface area contributed by atoms with Crippen LogP contribution in [0.4, 0.5) is 11.4 Å². The van der Waals surface area contributed by atoms with Crippen molar-refractivity contribution in [3.05, 3.63) is 58.6 Å². The van der Waals surface area contributed by atoms with Crippen LogP contribution in [-0.4, -0.2) is 24.4 Å². The van der Waals surface area contributed by atoms with Crippen LogP contribution in [-0.2, 0) is 16.0 Å². The first-order chi connectivity index (χ1) is 11.9. The molecule has 0 bridgehead atoms. The third-order valence-corrected chi connectivity index (χ3v) is 5.09. The van der Waals surface area contributed by atoms with E-state index in [9.17, 15) is 9.59 Å². The number of halogens is 1. The number of benzene rings is 2. The number of para-hydroxylation sites is 1. The first kappa shape index (κ1) is 17.5. The molecule has 1 atom stereocenters. The first-order valence-electron chi connectivity index (χ1n) is 8.33. The van der Waals surface area contributed by atoms with Crippen LogP contribution in [0.15, 0.2) is 42.5 Å². The summed E-state index contributed by atoms with van der Waals surface area (Å²) in [7, 11) is 0. The first-order valence-corrected chi connectivity index (χ1v) is 8.71. The molecule has 0 aliphatic carbocycles. The molecule has 1 aliphatic rings. The summed E-state index contributed by atoms with van der Waals surface area (Å²) in [5.74, 6) is -0.272. The normalized spacial score (nSPS) is 15.8. The van der Waals surface area contributed by atoms with Crippen LogP contribution in [0.25, 0.3) is 0 Å². The molecule has 1 aliphatic heterocycles. The lowest BCUT2D eigenvalue weighted by molar-refractivity contribution is -0.121. The zero-order chi connectivity index (χ0) is 18.1. The van der Waals surface area contributed by atoms with E-state index >= 15 is 0 Å². The highest BCUT2D eigenvalue weighted by Crippen LogP contribution is 2.33. The average molecular weight is 357 g/mol. The van der Waals surface area contributed by atoms with Crippen molar-refractivity contribution in [2.24, 2.45) is 0 Å². The van der Waals surface area contributed by atoms with E-state index in [1.807, 2.05) is 44.2 Å². The fourth-order valence-electron chi connectivity index (χ4n) is 3.41. The van der Waals surface area contributed by atoms with Gasteiger partial charge in [0.05, 0.1) is 0 Å². The van der Waals surface area contributed by atoms with E-state index in [2.05, 4.69) is 0 Å². The Kier molecular flexibility index (Phi) is 4.82. The minimum Gasteiger partial charge on any atom is -0.307 e. The van der Waals surface area contributed by atoms with Crippen molar-refractivity contribution in [1.82, 2.24) is 0 Å². The van der Waals surface area contributed by atoms with Gasteiger partial charge in [-0.3, -0.25) is 9.59 Å². The topological polar surface area (TPSA) is 40.6 Å². The van der Waals surface area contributed by atoms with E-state index in [-0.39, 0.29) is 24.4 Å². The standard InChI is InChI=1S/C20H21ClN2O2/c1-13-11-16-7-4-5-9-19(16)23(13)20(25)12-22(15(3)24)18-10-6-8-17(21)14(18)2/h4-10,13H,11-12H2,1-3H3. The lowest BCUT2D eigenvalue weighted by atomic mass is 10.1. The molecule has 0 saturated heterocycles. The molecule has 0 fully saturated rings. The Labute approximate surface area is 153 Å². The Bertz CT molecular complexity index is 834. The van der Waals surface area contributed by atoms with E-state index < -0.39 is 0 Å². The average Bonchev–Trinajstić information content (AvgIpc) is 2.91. The number of carbonyl (C=O) groups excluding carboxylic acids is 2. The van der Waals surface area contributed by atoms with Crippen molar-refractivity contribution in [3.63, 3.8) is 0 Å². The number of hydrogen-bond acceptors (Lipinski definition) is 2. The number of carbonyl (C=O) groups is 2. The van der Waals surface area contributed by atoms with E-state index in [1.54, 1.807) is 17.0 Å². The third-order valence-electron chi connectivity index (χ3n) is 4.68. The van der Waals surface area contributed by atoms with Crippen molar-refractivity contribution in [2.45, 2.75) is 33.2 Å². The van der Waals surface area contributed by atoms with E-state index in [1.165, 1.54) is 11.8 Å².